The van der Waals surface area contributed by atoms with E-state index in [4.69, 9.17) is 23.2 Å². The van der Waals surface area contributed by atoms with E-state index >= 15 is 0 Å². The molecule has 7 rings (SSSR count). The van der Waals surface area contributed by atoms with E-state index in [0.29, 0.717) is 15.7 Å². The molecule has 8 heteroatoms. The van der Waals surface area contributed by atoms with Crippen LogP contribution in [-0.4, -0.2) is 29.2 Å². The van der Waals surface area contributed by atoms with Crippen molar-refractivity contribution in [2.24, 2.45) is 11.8 Å². The molecule has 5 nitrogen and oxygen atoms in total. The molecule has 0 unspecified atom stereocenters. The minimum atomic E-state index is -0.839. The number of benzene rings is 3. The largest absolute Gasteiger partial charge is 0.323 e. The number of carbonyl (C=O) groups excluding carboxylic acids is 3. The van der Waals surface area contributed by atoms with Crippen LogP contribution in [0.3, 0.4) is 0 Å². The average Bonchev–Trinajstić information content (AvgIpc) is 3.08. The van der Waals surface area contributed by atoms with E-state index < -0.39 is 28.6 Å². The maximum atomic E-state index is 13.7. The Bertz CT molecular complexity index is 1360. The van der Waals surface area contributed by atoms with E-state index in [2.05, 4.69) is 21.2 Å². The van der Waals surface area contributed by atoms with Crippen molar-refractivity contribution in [3.63, 3.8) is 0 Å². The van der Waals surface area contributed by atoms with E-state index in [1.807, 2.05) is 48.5 Å². The first-order valence-corrected chi connectivity index (χ1v) is 12.3. The fourth-order valence-electron chi connectivity index (χ4n) is 5.82. The normalized spacial score (nSPS) is 26.2. The molecule has 3 amide bonds. The summed E-state index contributed by atoms with van der Waals surface area (Å²) in [5, 5.41) is 3.39. The van der Waals surface area contributed by atoms with E-state index in [0.717, 1.165) is 27.2 Å². The van der Waals surface area contributed by atoms with Gasteiger partial charge in [0.15, 0.2) is 0 Å². The second-order valence-corrected chi connectivity index (χ2v) is 10.9. The number of anilines is 1. The van der Waals surface area contributed by atoms with E-state index in [1.165, 1.54) is 6.07 Å². The van der Waals surface area contributed by atoms with E-state index in [-0.39, 0.29) is 17.7 Å². The molecule has 170 valence electrons. The van der Waals surface area contributed by atoms with Gasteiger partial charge in [-0.1, -0.05) is 87.7 Å². The Balaban J connectivity index is 1.38. The lowest BCUT2D eigenvalue weighted by molar-refractivity contribution is -0.142. The topological polar surface area (TPSA) is 66.5 Å². The first kappa shape index (κ1) is 21.8. The number of amides is 3. The molecule has 3 aromatic rings. The number of hydrogen-bond acceptors (Lipinski definition) is 3. The molecule has 1 N–H and O–H groups in total. The highest BCUT2D eigenvalue weighted by molar-refractivity contribution is 9.09. The number of rotatable bonds is 3. The summed E-state index contributed by atoms with van der Waals surface area (Å²) in [4.78, 5) is 41.3. The SMILES string of the molecule is O=C(CN1C(=O)[C@@H]2C3c4ccccc4C(Br)(c4ccccc43)[C@H]2C1=O)Nc1cc(Cl)ccc1Cl. The van der Waals surface area contributed by atoms with Crippen molar-refractivity contribution in [1.29, 1.82) is 0 Å². The van der Waals surface area contributed by atoms with Crippen molar-refractivity contribution in [3.05, 3.63) is 99.0 Å². The Morgan fingerprint density at radius 2 is 1.56 bits per heavy atom. The standard InChI is InChI=1S/C26H17BrCl2N2O3/c27-26-16-7-3-1-5-14(16)21(15-6-2-4-8-17(15)26)22-23(26)25(34)31(24(22)33)12-20(32)30-19-11-13(28)9-10-18(19)29/h1-11,21-23H,12H2,(H,30,32)/t21?,22-,23-,26?/m1/s1. The Hall–Kier alpha value is -2.67. The number of carbonyl (C=O) groups is 3. The second-order valence-electron chi connectivity index (χ2n) is 8.80. The first-order chi connectivity index (χ1) is 16.3. The summed E-state index contributed by atoms with van der Waals surface area (Å²) in [6.45, 7) is -0.393. The Labute approximate surface area is 214 Å². The van der Waals surface area contributed by atoms with Crippen LogP contribution in [0, 0.1) is 11.8 Å². The lowest BCUT2D eigenvalue weighted by Crippen LogP contribution is -2.50. The number of nitrogens with zero attached hydrogens (tertiary/aromatic N) is 1. The summed E-state index contributed by atoms with van der Waals surface area (Å²) < 4.78 is -0.839. The maximum Gasteiger partial charge on any atom is 0.244 e. The molecule has 1 heterocycles. The van der Waals surface area contributed by atoms with Crippen LogP contribution in [0.25, 0.3) is 0 Å². The van der Waals surface area contributed by atoms with Gasteiger partial charge in [-0.25, -0.2) is 0 Å². The van der Waals surface area contributed by atoms with Crippen LogP contribution in [0.15, 0.2) is 66.7 Å². The molecule has 0 saturated carbocycles. The van der Waals surface area contributed by atoms with Crippen molar-refractivity contribution < 1.29 is 14.4 Å². The minimum absolute atomic E-state index is 0.247. The van der Waals surface area contributed by atoms with Gasteiger partial charge >= 0.3 is 0 Å². The molecule has 0 radical (unpaired) electrons. The summed E-state index contributed by atoms with van der Waals surface area (Å²) in [5.74, 6) is -2.68. The molecule has 0 spiro atoms. The van der Waals surface area contributed by atoms with Gasteiger partial charge in [0.2, 0.25) is 17.7 Å². The minimum Gasteiger partial charge on any atom is -0.323 e. The first-order valence-electron chi connectivity index (χ1n) is 10.8. The zero-order chi connectivity index (χ0) is 23.8. The van der Waals surface area contributed by atoms with Crippen molar-refractivity contribution in [3.8, 4) is 0 Å². The number of likely N-dealkylation sites (tertiary alicyclic amines) is 1. The summed E-state index contributed by atoms with van der Waals surface area (Å²) in [7, 11) is 0. The van der Waals surface area contributed by atoms with Crippen LogP contribution in [0.4, 0.5) is 5.69 Å². The number of alkyl halides is 1. The van der Waals surface area contributed by atoms with Crippen molar-refractivity contribution >= 4 is 62.5 Å². The zero-order valence-electron chi connectivity index (χ0n) is 17.6. The summed E-state index contributed by atoms with van der Waals surface area (Å²) in [6.07, 6.45) is 0. The Morgan fingerprint density at radius 1 is 0.941 bits per heavy atom. The van der Waals surface area contributed by atoms with Crippen molar-refractivity contribution in [2.75, 3.05) is 11.9 Å². The third-order valence-corrected chi connectivity index (χ3v) is 9.02. The predicted molar refractivity (Wildman–Crippen MR) is 133 cm³/mol. The van der Waals surface area contributed by atoms with Gasteiger partial charge < -0.3 is 5.32 Å². The van der Waals surface area contributed by atoms with E-state index in [1.54, 1.807) is 12.1 Å². The number of nitrogens with one attached hydrogen (secondary N) is 1. The van der Waals surface area contributed by atoms with Crippen LogP contribution in [0.5, 0.6) is 0 Å². The molecule has 1 aliphatic heterocycles. The zero-order valence-corrected chi connectivity index (χ0v) is 20.7. The van der Waals surface area contributed by atoms with Gasteiger partial charge in [0.05, 0.1) is 26.9 Å². The summed E-state index contributed by atoms with van der Waals surface area (Å²) in [6, 6.07) is 20.6. The lowest BCUT2D eigenvalue weighted by Gasteiger charge is -2.51. The number of imide groups is 1. The van der Waals surface area contributed by atoms with Gasteiger partial charge in [0.1, 0.15) is 6.54 Å². The highest BCUT2D eigenvalue weighted by Gasteiger charge is 2.67. The van der Waals surface area contributed by atoms with Gasteiger partial charge in [-0.3, -0.25) is 19.3 Å². The third kappa shape index (κ3) is 2.88. The second kappa shape index (κ2) is 7.67. The third-order valence-electron chi connectivity index (χ3n) is 7.11. The highest BCUT2D eigenvalue weighted by atomic mass is 79.9. The number of halogens is 3. The Kier molecular flexibility index (Phi) is 4.93. The predicted octanol–water partition coefficient (Wildman–Crippen LogP) is 5.33. The monoisotopic (exact) mass is 554 g/mol. The molecule has 4 aliphatic rings. The van der Waals surface area contributed by atoms with Crippen LogP contribution in [0.1, 0.15) is 28.2 Å². The van der Waals surface area contributed by atoms with Crippen LogP contribution >= 0.6 is 39.1 Å². The van der Waals surface area contributed by atoms with Gasteiger partial charge in [0.25, 0.3) is 0 Å². The molecule has 2 atom stereocenters. The summed E-state index contributed by atoms with van der Waals surface area (Å²) >= 11 is 16.1. The molecule has 3 aromatic carbocycles. The smallest absolute Gasteiger partial charge is 0.244 e. The van der Waals surface area contributed by atoms with Crippen molar-refractivity contribution in [2.45, 2.75) is 10.2 Å². The van der Waals surface area contributed by atoms with Gasteiger partial charge in [-0.2, -0.15) is 0 Å². The molecule has 3 aliphatic carbocycles. The highest BCUT2D eigenvalue weighted by Crippen LogP contribution is 2.66. The van der Waals surface area contributed by atoms with Gasteiger partial charge in [-0.05, 0) is 40.5 Å². The Morgan fingerprint density at radius 3 is 2.21 bits per heavy atom. The summed E-state index contributed by atoms with van der Waals surface area (Å²) in [5.41, 5.74) is 4.40. The quantitative estimate of drug-likeness (QED) is 0.351. The molecular weight excluding hydrogens is 539 g/mol. The van der Waals surface area contributed by atoms with Crippen LogP contribution < -0.4 is 5.32 Å². The molecule has 1 fully saturated rings. The van der Waals surface area contributed by atoms with E-state index in [9.17, 15) is 14.4 Å². The molecule has 34 heavy (non-hydrogen) atoms. The average molecular weight is 556 g/mol. The van der Waals surface area contributed by atoms with Crippen LogP contribution in [0.2, 0.25) is 10.0 Å². The van der Waals surface area contributed by atoms with Gasteiger partial charge in [-0.15, -0.1) is 0 Å². The lowest BCUT2D eigenvalue weighted by atomic mass is 9.55. The fourth-order valence-corrected chi connectivity index (χ4v) is 7.36. The fraction of sp³-hybridized carbons (Fsp3) is 0.192. The van der Waals surface area contributed by atoms with Gasteiger partial charge in [0, 0.05) is 10.9 Å². The maximum absolute atomic E-state index is 13.7. The van der Waals surface area contributed by atoms with Crippen molar-refractivity contribution in [1.82, 2.24) is 4.90 Å². The molecule has 1 saturated heterocycles. The van der Waals surface area contributed by atoms with Crippen LogP contribution in [-0.2, 0) is 18.7 Å². The molecule has 0 aromatic heterocycles. The number of hydrogen-bond donors (Lipinski definition) is 1. The molecular formula is C26H17BrCl2N2O3. The molecule has 2 bridgehead atoms.